The Bertz CT molecular complexity index is 1100. The lowest BCUT2D eigenvalue weighted by Gasteiger charge is -2.17. The van der Waals surface area contributed by atoms with E-state index in [9.17, 15) is 14.7 Å². The number of benzene rings is 2. The first-order chi connectivity index (χ1) is 16.0. The van der Waals surface area contributed by atoms with Crippen LogP contribution < -0.4 is 10.6 Å². The predicted molar refractivity (Wildman–Crippen MR) is 126 cm³/mol. The number of carboxylic acids is 1. The maximum atomic E-state index is 12.4. The van der Waals surface area contributed by atoms with Crippen LogP contribution in [0.3, 0.4) is 0 Å². The van der Waals surface area contributed by atoms with Crippen molar-refractivity contribution in [3.05, 3.63) is 83.6 Å². The van der Waals surface area contributed by atoms with E-state index in [2.05, 4.69) is 27.8 Å². The van der Waals surface area contributed by atoms with Crippen molar-refractivity contribution < 1.29 is 19.4 Å². The van der Waals surface area contributed by atoms with Crippen molar-refractivity contribution in [1.82, 2.24) is 10.3 Å². The highest BCUT2D eigenvalue weighted by Crippen LogP contribution is 2.44. The number of nitrogens with zero attached hydrogens (tertiary/aromatic N) is 1. The number of aliphatic carboxylic acids is 1. The quantitative estimate of drug-likeness (QED) is 0.417. The van der Waals surface area contributed by atoms with Crippen molar-refractivity contribution in [2.75, 3.05) is 18.5 Å². The second kappa shape index (κ2) is 10.2. The Morgan fingerprint density at radius 3 is 2.36 bits per heavy atom. The number of carbonyl (C=O) groups excluding carboxylic acids is 1. The lowest BCUT2D eigenvalue weighted by Crippen LogP contribution is -2.41. The Labute approximate surface area is 192 Å². The van der Waals surface area contributed by atoms with Crippen molar-refractivity contribution >= 4 is 17.9 Å². The second-order valence-electron chi connectivity index (χ2n) is 8.15. The van der Waals surface area contributed by atoms with Crippen LogP contribution in [0.15, 0.2) is 66.9 Å². The van der Waals surface area contributed by atoms with Crippen LogP contribution in [0, 0.1) is 6.92 Å². The van der Waals surface area contributed by atoms with Gasteiger partial charge in [0.25, 0.3) is 0 Å². The van der Waals surface area contributed by atoms with E-state index in [-0.39, 0.29) is 18.9 Å². The third kappa shape index (κ3) is 5.31. The van der Waals surface area contributed by atoms with Crippen LogP contribution in [-0.4, -0.2) is 41.3 Å². The van der Waals surface area contributed by atoms with Crippen molar-refractivity contribution in [3.8, 4) is 11.1 Å². The van der Waals surface area contributed by atoms with E-state index in [1.54, 1.807) is 6.20 Å². The number of aromatic nitrogens is 1. The molecular weight excluding hydrogens is 418 g/mol. The fraction of sp³-hybridized carbons (Fsp3) is 0.269. The maximum absolute atomic E-state index is 12.4. The molecule has 3 N–H and O–H groups in total. The van der Waals surface area contributed by atoms with Gasteiger partial charge in [0, 0.05) is 18.7 Å². The van der Waals surface area contributed by atoms with Crippen LogP contribution in [-0.2, 0) is 9.53 Å². The van der Waals surface area contributed by atoms with Crippen LogP contribution in [0.25, 0.3) is 11.1 Å². The molecule has 7 nitrogen and oxygen atoms in total. The number of ether oxygens (including phenoxy) is 1. The van der Waals surface area contributed by atoms with Gasteiger partial charge in [-0.15, -0.1) is 0 Å². The second-order valence-corrected chi connectivity index (χ2v) is 8.15. The summed E-state index contributed by atoms with van der Waals surface area (Å²) in [5, 5.41) is 15.2. The standard InChI is InChI=1S/C26H27N3O4/c1-17-12-14-28-24(15-17)27-13-6-11-23(25(30)31)29-26(32)33-16-22-20-9-4-2-7-18(20)19-8-3-5-10-21(19)22/h2-5,7-10,12,14-15,22-23H,6,11,13,16H2,1H3,(H,27,28)(H,29,32)(H,30,31)/t23-/m0/s1. The zero-order chi connectivity index (χ0) is 23.2. The normalized spacial score (nSPS) is 13.0. The number of amides is 1. The highest BCUT2D eigenvalue weighted by atomic mass is 16.5. The molecule has 0 aliphatic heterocycles. The summed E-state index contributed by atoms with van der Waals surface area (Å²) in [6.45, 7) is 2.67. The van der Waals surface area contributed by atoms with Gasteiger partial charge in [-0.05, 0) is 59.7 Å². The van der Waals surface area contributed by atoms with E-state index in [1.807, 2.05) is 55.5 Å². The number of carboxylic acid groups (broad SMARTS) is 1. The van der Waals surface area contributed by atoms with Crippen molar-refractivity contribution in [3.63, 3.8) is 0 Å². The first kappa shape index (κ1) is 22.3. The molecule has 0 fully saturated rings. The molecule has 1 heterocycles. The van der Waals surface area contributed by atoms with Crippen LogP contribution >= 0.6 is 0 Å². The minimum absolute atomic E-state index is 0.0718. The highest BCUT2D eigenvalue weighted by molar-refractivity contribution is 5.81. The summed E-state index contributed by atoms with van der Waals surface area (Å²) in [5.74, 6) is -0.416. The monoisotopic (exact) mass is 445 g/mol. The topological polar surface area (TPSA) is 101 Å². The van der Waals surface area contributed by atoms with Crippen molar-refractivity contribution in [2.45, 2.75) is 31.7 Å². The summed E-state index contributed by atoms with van der Waals surface area (Å²) in [7, 11) is 0. The Balaban J connectivity index is 1.29. The van der Waals surface area contributed by atoms with Gasteiger partial charge in [-0.2, -0.15) is 0 Å². The largest absolute Gasteiger partial charge is 0.480 e. The molecule has 0 saturated heterocycles. The Kier molecular flexibility index (Phi) is 6.88. The van der Waals surface area contributed by atoms with Gasteiger partial charge in [-0.25, -0.2) is 14.6 Å². The molecule has 0 radical (unpaired) electrons. The summed E-state index contributed by atoms with van der Waals surface area (Å²) in [4.78, 5) is 28.3. The molecule has 1 amide bonds. The zero-order valence-electron chi connectivity index (χ0n) is 18.5. The fourth-order valence-corrected chi connectivity index (χ4v) is 4.20. The first-order valence-electron chi connectivity index (χ1n) is 11.0. The number of alkyl carbamates (subject to hydrolysis) is 1. The molecule has 170 valence electrons. The van der Waals surface area contributed by atoms with Gasteiger partial charge >= 0.3 is 12.1 Å². The number of hydrogen-bond acceptors (Lipinski definition) is 5. The fourth-order valence-electron chi connectivity index (χ4n) is 4.20. The summed E-state index contributed by atoms with van der Waals surface area (Å²) >= 11 is 0. The Hall–Kier alpha value is -3.87. The van der Waals surface area contributed by atoms with Crippen molar-refractivity contribution in [2.24, 2.45) is 0 Å². The van der Waals surface area contributed by atoms with Crippen LogP contribution in [0.5, 0.6) is 0 Å². The number of pyridine rings is 1. The molecule has 2 aromatic carbocycles. The lowest BCUT2D eigenvalue weighted by atomic mass is 9.98. The maximum Gasteiger partial charge on any atom is 0.407 e. The molecule has 0 spiro atoms. The molecule has 0 saturated carbocycles. The molecule has 1 atom stereocenters. The van der Waals surface area contributed by atoms with Gasteiger partial charge in [-0.1, -0.05) is 48.5 Å². The molecule has 0 unspecified atom stereocenters. The highest BCUT2D eigenvalue weighted by Gasteiger charge is 2.29. The third-order valence-corrected chi connectivity index (χ3v) is 5.82. The number of rotatable bonds is 9. The van der Waals surface area contributed by atoms with E-state index < -0.39 is 18.1 Å². The number of aryl methyl sites for hydroxylation is 1. The number of carbonyl (C=O) groups is 2. The molecule has 3 aromatic rings. The summed E-state index contributed by atoms with van der Waals surface area (Å²) in [6, 6.07) is 18.9. The minimum atomic E-state index is -1.09. The first-order valence-corrected chi connectivity index (χ1v) is 11.0. The SMILES string of the molecule is Cc1ccnc(NCCC[C@H](NC(=O)OCC2c3ccccc3-c3ccccc32)C(=O)O)c1. The molecule has 4 rings (SSSR count). The average molecular weight is 446 g/mol. The predicted octanol–water partition coefficient (Wildman–Crippen LogP) is 4.57. The summed E-state index contributed by atoms with van der Waals surface area (Å²) in [6.07, 6.45) is 1.82. The lowest BCUT2D eigenvalue weighted by molar-refractivity contribution is -0.139. The van der Waals surface area contributed by atoms with E-state index in [0.29, 0.717) is 13.0 Å². The number of anilines is 1. The van der Waals surface area contributed by atoms with Crippen molar-refractivity contribution in [1.29, 1.82) is 0 Å². The van der Waals surface area contributed by atoms with Crippen LogP contribution in [0.2, 0.25) is 0 Å². The average Bonchev–Trinajstić information content (AvgIpc) is 3.13. The van der Waals surface area contributed by atoms with Gasteiger partial charge in [-0.3, -0.25) is 0 Å². The number of fused-ring (bicyclic) bond motifs is 3. The number of nitrogens with one attached hydrogen (secondary N) is 2. The molecule has 1 aliphatic rings. The Morgan fingerprint density at radius 1 is 1.06 bits per heavy atom. The molecule has 0 bridgehead atoms. The van der Waals surface area contributed by atoms with Gasteiger partial charge in [0.15, 0.2) is 0 Å². The van der Waals surface area contributed by atoms with Gasteiger partial charge in [0.2, 0.25) is 0 Å². The van der Waals surface area contributed by atoms with Gasteiger partial charge in [0.1, 0.15) is 18.5 Å². The molecular formula is C26H27N3O4. The number of hydrogen-bond donors (Lipinski definition) is 3. The van der Waals surface area contributed by atoms with Crippen LogP contribution in [0.4, 0.5) is 10.6 Å². The zero-order valence-corrected chi connectivity index (χ0v) is 18.5. The minimum Gasteiger partial charge on any atom is -0.480 e. The van der Waals surface area contributed by atoms with E-state index in [4.69, 9.17) is 4.74 Å². The summed E-state index contributed by atoms with van der Waals surface area (Å²) < 4.78 is 5.47. The van der Waals surface area contributed by atoms with Gasteiger partial charge < -0.3 is 20.5 Å². The van der Waals surface area contributed by atoms with E-state index >= 15 is 0 Å². The molecule has 7 heteroatoms. The third-order valence-electron chi connectivity index (χ3n) is 5.82. The van der Waals surface area contributed by atoms with Gasteiger partial charge in [0.05, 0.1) is 0 Å². The van der Waals surface area contributed by atoms with Crippen LogP contribution in [0.1, 0.15) is 35.4 Å². The molecule has 1 aromatic heterocycles. The van der Waals surface area contributed by atoms with E-state index in [0.717, 1.165) is 33.6 Å². The van der Waals surface area contributed by atoms with E-state index in [1.165, 1.54) is 0 Å². The smallest absolute Gasteiger partial charge is 0.407 e. The molecule has 33 heavy (non-hydrogen) atoms. The summed E-state index contributed by atoms with van der Waals surface area (Å²) in [5.41, 5.74) is 5.59. The Morgan fingerprint density at radius 2 is 1.73 bits per heavy atom. The molecule has 1 aliphatic carbocycles.